The van der Waals surface area contributed by atoms with E-state index < -0.39 is 5.41 Å². The van der Waals surface area contributed by atoms with Crippen LogP contribution in [0.25, 0.3) is 0 Å². The monoisotopic (exact) mass is 243 g/mol. The van der Waals surface area contributed by atoms with Gasteiger partial charge in [-0.2, -0.15) is 0 Å². The van der Waals surface area contributed by atoms with Crippen molar-refractivity contribution in [2.75, 3.05) is 33.4 Å². The molecular weight excluding hydrogens is 218 g/mol. The van der Waals surface area contributed by atoms with Gasteiger partial charge in [0.1, 0.15) is 0 Å². The third-order valence-corrected chi connectivity index (χ3v) is 3.22. The summed E-state index contributed by atoms with van der Waals surface area (Å²) in [6, 6.07) is 0. The van der Waals surface area contributed by atoms with E-state index in [-0.39, 0.29) is 5.97 Å². The highest BCUT2D eigenvalue weighted by Crippen LogP contribution is 2.22. The molecule has 0 aliphatic carbocycles. The van der Waals surface area contributed by atoms with Gasteiger partial charge in [0, 0.05) is 19.7 Å². The zero-order chi connectivity index (χ0) is 12.9. The summed E-state index contributed by atoms with van der Waals surface area (Å²) in [5.74, 6) is -0.143. The summed E-state index contributed by atoms with van der Waals surface area (Å²) in [6.45, 7) is 9.37. The lowest BCUT2D eigenvalue weighted by Gasteiger charge is -2.36. The molecule has 1 saturated heterocycles. The fourth-order valence-electron chi connectivity index (χ4n) is 2.43. The van der Waals surface area contributed by atoms with Crippen LogP contribution in [0.2, 0.25) is 0 Å². The van der Waals surface area contributed by atoms with Crippen molar-refractivity contribution < 1.29 is 14.3 Å². The van der Waals surface area contributed by atoms with E-state index in [1.165, 1.54) is 7.11 Å². The van der Waals surface area contributed by atoms with Crippen molar-refractivity contribution in [1.82, 2.24) is 4.90 Å². The van der Waals surface area contributed by atoms with E-state index in [0.29, 0.717) is 6.10 Å². The van der Waals surface area contributed by atoms with Crippen LogP contribution in [-0.4, -0.2) is 50.3 Å². The van der Waals surface area contributed by atoms with Gasteiger partial charge >= 0.3 is 5.97 Å². The molecule has 0 amide bonds. The molecular formula is C13H25NO3. The highest BCUT2D eigenvalue weighted by atomic mass is 16.5. The predicted molar refractivity (Wildman–Crippen MR) is 66.9 cm³/mol. The SMILES string of the molecule is CCOC1CCCN(CC(C)(C)C(=O)OC)C1. The van der Waals surface area contributed by atoms with Crippen LogP contribution in [0.1, 0.15) is 33.6 Å². The molecule has 0 aromatic heterocycles. The molecule has 0 saturated carbocycles. The van der Waals surface area contributed by atoms with E-state index in [0.717, 1.165) is 39.1 Å². The molecule has 1 rings (SSSR count). The molecule has 1 aliphatic rings. The van der Waals surface area contributed by atoms with Crippen molar-refractivity contribution in [2.24, 2.45) is 5.41 Å². The minimum Gasteiger partial charge on any atom is -0.469 e. The number of methoxy groups -OCH3 is 1. The van der Waals surface area contributed by atoms with E-state index in [4.69, 9.17) is 9.47 Å². The molecule has 0 bridgehead atoms. The van der Waals surface area contributed by atoms with E-state index in [9.17, 15) is 4.79 Å². The fraction of sp³-hybridized carbons (Fsp3) is 0.923. The topological polar surface area (TPSA) is 38.8 Å². The molecule has 4 heteroatoms. The Bertz CT molecular complexity index is 251. The van der Waals surface area contributed by atoms with Gasteiger partial charge in [0.15, 0.2) is 0 Å². The molecule has 0 aromatic rings. The molecule has 100 valence electrons. The first-order valence-electron chi connectivity index (χ1n) is 6.42. The quantitative estimate of drug-likeness (QED) is 0.689. The lowest BCUT2D eigenvalue weighted by Crippen LogP contribution is -2.46. The van der Waals surface area contributed by atoms with E-state index >= 15 is 0 Å². The Labute approximate surface area is 104 Å². The van der Waals surface area contributed by atoms with Crippen molar-refractivity contribution >= 4 is 5.97 Å². The summed E-state index contributed by atoms with van der Waals surface area (Å²) in [7, 11) is 1.45. The summed E-state index contributed by atoms with van der Waals surface area (Å²) in [6.07, 6.45) is 2.59. The number of hydrogen-bond acceptors (Lipinski definition) is 4. The van der Waals surface area contributed by atoms with Crippen LogP contribution < -0.4 is 0 Å². The molecule has 1 aliphatic heterocycles. The highest BCUT2D eigenvalue weighted by molar-refractivity contribution is 5.76. The second kappa shape index (κ2) is 6.36. The second-order valence-electron chi connectivity index (χ2n) is 5.33. The molecule has 0 aromatic carbocycles. The van der Waals surface area contributed by atoms with Gasteiger partial charge in [-0.15, -0.1) is 0 Å². The molecule has 1 fully saturated rings. The summed E-state index contributed by atoms with van der Waals surface area (Å²) in [5.41, 5.74) is -0.442. The van der Waals surface area contributed by atoms with Crippen molar-refractivity contribution in [3.05, 3.63) is 0 Å². The van der Waals surface area contributed by atoms with Crippen LogP contribution in [0, 0.1) is 5.41 Å². The maximum atomic E-state index is 11.6. The fourth-order valence-corrected chi connectivity index (χ4v) is 2.43. The van der Waals surface area contributed by atoms with E-state index in [2.05, 4.69) is 4.90 Å². The number of esters is 1. The summed E-state index contributed by atoms with van der Waals surface area (Å²) in [5, 5.41) is 0. The van der Waals surface area contributed by atoms with E-state index in [1.54, 1.807) is 0 Å². The third kappa shape index (κ3) is 4.28. The molecule has 17 heavy (non-hydrogen) atoms. The van der Waals surface area contributed by atoms with Crippen LogP contribution in [0.4, 0.5) is 0 Å². The van der Waals surface area contributed by atoms with Gasteiger partial charge in [-0.05, 0) is 40.2 Å². The zero-order valence-electron chi connectivity index (χ0n) is 11.5. The first-order chi connectivity index (χ1) is 7.99. The number of carbonyl (C=O) groups excluding carboxylic acids is 1. The molecule has 4 nitrogen and oxygen atoms in total. The minimum atomic E-state index is -0.442. The molecule has 0 N–H and O–H groups in total. The van der Waals surface area contributed by atoms with Gasteiger partial charge in [-0.1, -0.05) is 0 Å². The number of likely N-dealkylation sites (tertiary alicyclic amines) is 1. The maximum Gasteiger partial charge on any atom is 0.312 e. The third-order valence-electron chi connectivity index (χ3n) is 3.22. The van der Waals surface area contributed by atoms with Crippen LogP contribution in [0.5, 0.6) is 0 Å². The average Bonchev–Trinajstić information content (AvgIpc) is 2.28. The average molecular weight is 243 g/mol. The van der Waals surface area contributed by atoms with Crippen LogP contribution in [0.15, 0.2) is 0 Å². The number of rotatable bonds is 5. The Kier molecular flexibility index (Phi) is 5.40. The summed E-state index contributed by atoms with van der Waals surface area (Å²) < 4.78 is 10.5. The first-order valence-corrected chi connectivity index (χ1v) is 6.42. The minimum absolute atomic E-state index is 0.143. The standard InChI is InChI=1S/C13H25NO3/c1-5-17-11-7-6-8-14(9-11)10-13(2,3)12(15)16-4/h11H,5-10H2,1-4H3. The van der Waals surface area contributed by atoms with Gasteiger partial charge in [-0.3, -0.25) is 9.69 Å². The number of piperidine rings is 1. The number of hydrogen-bond donors (Lipinski definition) is 0. The Morgan fingerprint density at radius 2 is 2.18 bits per heavy atom. The Balaban J connectivity index is 2.47. The lowest BCUT2D eigenvalue weighted by molar-refractivity contribution is -0.152. The normalized spacial score (nSPS) is 22.5. The molecule has 1 heterocycles. The highest BCUT2D eigenvalue weighted by Gasteiger charge is 2.33. The second-order valence-corrected chi connectivity index (χ2v) is 5.33. The zero-order valence-corrected chi connectivity index (χ0v) is 11.5. The first kappa shape index (κ1) is 14.5. The van der Waals surface area contributed by atoms with Crippen molar-refractivity contribution in [3.63, 3.8) is 0 Å². The van der Waals surface area contributed by atoms with Crippen molar-refractivity contribution in [1.29, 1.82) is 0 Å². The van der Waals surface area contributed by atoms with Crippen LogP contribution >= 0.6 is 0 Å². The van der Waals surface area contributed by atoms with E-state index in [1.807, 2.05) is 20.8 Å². The number of carbonyl (C=O) groups is 1. The summed E-state index contributed by atoms with van der Waals surface area (Å²) in [4.78, 5) is 13.9. The van der Waals surface area contributed by atoms with Gasteiger partial charge in [0.25, 0.3) is 0 Å². The Morgan fingerprint density at radius 1 is 1.47 bits per heavy atom. The number of nitrogens with zero attached hydrogens (tertiary/aromatic N) is 1. The van der Waals surface area contributed by atoms with Crippen LogP contribution in [-0.2, 0) is 14.3 Å². The smallest absolute Gasteiger partial charge is 0.312 e. The Morgan fingerprint density at radius 3 is 2.76 bits per heavy atom. The van der Waals surface area contributed by atoms with Gasteiger partial charge in [-0.25, -0.2) is 0 Å². The van der Waals surface area contributed by atoms with Gasteiger partial charge in [0.05, 0.1) is 18.6 Å². The van der Waals surface area contributed by atoms with Crippen molar-refractivity contribution in [3.8, 4) is 0 Å². The largest absolute Gasteiger partial charge is 0.469 e. The van der Waals surface area contributed by atoms with Gasteiger partial charge < -0.3 is 9.47 Å². The molecule has 0 spiro atoms. The predicted octanol–water partition coefficient (Wildman–Crippen LogP) is 1.69. The Hall–Kier alpha value is -0.610. The molecule has 1 unspecified atom stereocenters. The number of ether oxygens (including phenoxy) is 2. The lowest BCUT2D eigenvalue weighted by atomic mass is 9.92. The molecule has 0 radical (unpaired) electrons. The van der Waals surface area contributed by atoms with Crippen molar-refractivity contribution in [2.45, 2.75) is 39.7 Å². The van der Waals surface area contributed by atoms with Gasteiger partial charge in [0.2, 0.25) is 0 Å². The maximum absolute atomic E-state index is 11.6. The molecule has 1 atom stereocenters. The summed E-state index contributed by atoms with van der Waals surface area (Å²) >= 11 is 0. The van der Waals surface area contributed by atoms with Crippen LogP contribution in [0.3, 0.4) is 0 Å².